The second kappa shape index (κ2) is 10.9. The maximum atomic E-state index is 6.53. The van der Waals surface area contributed by atoms with Crippen LogP contribution in [-0.4, -0.2) is 0 Å². The Labute approximate surface area is 201 Å². The van der Waals surface area contributed by atoms with Gasteiger partial charge in [0.2, 0.25) is 0 Å². The third-order valence-electron chi connectivity index (χ3n) is 5.35. The molecule has 0 radical (unpaired) electrons. The third kappa shape index (κ3) is 5.18. The van der Waals surface area contributed by atoms with Crippen molar-refractivity contribution in [2.24, 2.45) is 0 Å². The molecular formula is C28H25BrClP. The van der Waals surface area contributed by atoms with Crippen LogP contribution in [0.5, 0.6) is 0 Å². The predicted octanol–water partition coefficient (Wildman–Crippen LogP) is 3.87. The normalized spacial score (nSPS) is 11.3. The Balaban J connectivity index is 0.00000272. The number of hydrogen-bond acceptors (Lipinski definition) is 0. The van der Waals surface area contributed by atoms with Crippen LogP contribution in [-0.2, 0) is 6.16 Å². The highest BCUT2D eigenvalue weighted by atomic mass is 79.9. The molecule has 0 unspecified atom stereocenters. The Morgan fingerprint density at radius 3 is 1.55 bits per heavy atom. The van der Waals surface area contributed by atoms with E-state index in [0.29, 0.717) is 0 Å². The Kier molecular flexibility index (Phi) is 8.27. The number of hydrogen-bond donors (Lipinski definition) is 0. The second-order valence-corrected chi connectivity index (χ2v) is 11.3. The van der Waals surface area contributed by atoms with Gasteiger partial charge >= 0.3 is 0 Å². The maximum Gasteiger partial charge on any atom is 0.116 e. The van der Waals surface area contributed by atoms with Crippen LogP contribution in [0.3, 0.4) is 0 Å². The van der Waals surface area contributed by atoms with Gasteiger partial charge in [0.25, 0.3) is 0 Å². The number of halogens is 2. The van der Waals surface area contributed by atoms with E-state index in [2.05, 4.69) is 115 Å². The standard InChI is InChI=1S/C28H25ClP.BrH/c1-2-12-23-19-24(21-25(29)20-23)22-30(26-13-6-3-7-14-26,27-15-8-4-9-16-27)28-17-10-5-11-18-28;/h2-21H,22H2,1H3;1H/q+1;/p-1/b12-2+;. The molecule has 0 aliphatic carbocycles. The van der Waals surface area contributed by atoms with E-state index in [9.17, 15) is 0 Å². The molecule has 4 rings (SSSR count). The van der Waals surface area contributed by atoms with Crippen molar-refractivity contribution in [2.75, 3.05) is 0 Å². The zero-order chi connectivity index (χ0) is 20.8. The van der Waals surface area contributed by atoms with Crippen LogP contribution >= 0.6 is 18.9 Å². The predicted molar refractivity (Wildman–Crippen MR) is 135 cm³/mol. The molecule has 0 saturated carbocycles. The van der Waals surface area contributed by atoms with Crippen LogP contribution in [0, 0.1) is 0 Å². The summed E-state index contributed by atoms with van der Waals surface area (Å²) >= 11 is 6.53. The molecule has 0 N–H and O–H groups in total. The topological polar surface area (TPSA) is 0 Å². The van der Waals surface area contributed by atoms with E-state index in [4.69, 9.17) is 11.6 Å². The van der Waals surface area contributed by atoms with Crippen molar-refractivity contribution in [3.63, 3.8) is 0 Å². The Morgan fingerprint density at radius 2 is 1.13 bits per heavy atom. The van der Waals surface area contributed by atoms with Crippen molar-refractivity contribution in [3.05, 3.63) is 131 Å². The lowest BCUT2D eigenvalue weighted by Crippen LogP contribution is -3.00. The minimum absolute atomic E-state index is 0. The van der Waals surface area contributed by atoms with Crippen LogP contribution in [0.4, 0.5) is 0 Å². The fraction of sp³-hybridized carbons (Fsp3) is 0.0714. The van der Waals surface area contributed by atoms with Gasteiger partial charge in [-0.3, -0.25) is 0 Å². The Bertz CT molecular complexity index is 1030. The lowest BCUT2D eigenvalue weighted by Gasteiger charge is -2.28. The summed E-state index contributed by atoms with van der Waals surface area (Å²) in [4.78, 5) is 0. The molecule has 0 saturated heterocycles. The Hall–Kier alpha value is -2.18. The first-order valence-electron chi connectivity index (χ1n) is 10.2. The third-order valence-corrected chi connectivity index (χ3v) is 9.95. The summed E-state index contributed by atoms with van der Waals surface area (Å²) in [5.41, 5.74) is 2.41. The lowest BCUT2D eigenvalue weighted by molar-refractivity contribution is -0.00000577. The molecule has 0 atom stereocenters. The summed E-state index contributed by atoms with van der Waals surface area (Å²) in [6.45, 7) is 2.04. The molecule has 0 spiro atoms. The van der Waals surface area contributed by atoms with Crippen molar-refractivity contribution in [3.8, 4) is 0 Å². The smallest absolute Gasteiger partial charge is 0.116 e. The highest BCUT2D eigenvalue weighted by Gasteiger charge is 2.45. The van der Waals surface area contributed by atoms with Crippen LogP contribution < -0.4 is 32.9 Å². The van der Waals surface area contributed by atoms with Gasteiger partial charge in [-0.15, -0.1) is 0 Å². The minimum atomic E-state index is -1.92. The Morgan fingerprint density at radius 1 is 0.677 bits per heavy atom. The lowest BCUT2D eigenvalue weighted by atomic mass is 10.1. The molecule has 0 bridgehead atoms. The molecule has 4 aromatic carbocycles. The van der Waals surface area contributed by atoms with Crippen molar-refractivity contribution >= 4 is 40.9 Å². The van der Waals surface area contributed by atoms with E-state index in [0.717, 1.165) is 16.7 Å². The van der Waals surface area contributed by atoms with E-state index < -0.39 is 7.26 Å². The molecule has 0 aliphatic rings. The monoisotopic (exact) mass is 506 g/mol. The van der Waals surface area contributed by atoms with E-state index >= 15 is 0 Å². The van der Waals surface area contributed by atoms with Crippen LogP contribution in [0.1, 0.15) is 18.1 Å². The van der Waals surface area contributed by atoms with Gasteiger partial charge in [0, 0.05) is 5.02 Å². The first-order valence-corrected chi connectivity index (χ1v) is 12.5. The van der Waals surface area contributed by atoms with Crippen molar-refractivity contribution in [1.29, 1.82) is 0 Å². The fourth-order valence-electron chi connectivity index (χ4n) is 4.10. The highest BCUT2D eigenvalue weighted by molar-refractivity contribution is 7.95. The van der Waals surface area contributed by atoms with Gasteiger partial charge in [-0.1, -0.05) is 78.4 Å². The van der Waals surface area contributed by atoms with Gasteiger partial charge in [-0.05, 0) is 72.6 Å². The number of rotatable bonds is 6. The van der Waals surface area contributed by atoms with Gasteiger partial charge < -0.3 is 17.0 Å². The van der Waals surface area contributed by atoms with E-state index in [1.54, 1.807) is 0 Å². The van der Waals surface area contributed by atoms with E-state index in [-0.39, 0.29) is 17.0 Å². The molecule has 0 nitrogen and oxygen atoms in total. The summed E-state index contributed by atoms with van der Waals surface area (Å²) in [7, 11) is -1.92. The van der Waals surface area contributed by atoms with Crippen LogP contribution in [0.2, 0.25) is 5.02 Å². The quantitative estimate of drug-likeness (QED) is 0.348. The maximum absolute atomic E-state index is 6.53. The summed E-state index contributed by atoms with van der Waals surface area (Å²) in [5, 5.41) is 4.94. The summed E-state index contributed by atoms with van der Waals surface area (Å²) in [5.74, 6) is 0. The molecular weight excluding hydrogens is 483 g/mol. The summed E-state index contributed by atoms with van der Waals surface area (Å²) in [6.07, 6.45) is 5.10. The molecule has 0 amide bonds. The van der Waals surface area contributed by atoms with E-state index in [1.165, 1.54) is 21.5 Å². The molecule has 4 aromatic rings. The van der Waals surface area contributed by atoms with Crippen molar-refractivity contribution in [2.45, 2.75) is 13.1 Å². The molecule has 0 fully saturated rings. The SMILES string of the molecule is C/C=C/c1cc(Cl)cc(C[P+](c2ccccc2)(c2ccccc2)c2ccccc2)c1.[Br-]. The number of allylic oxidation sites excluding steroid dienone is 1. The molecule has 31 heavy (non-hydrogen) atoms. The fourth-order valence-corrected chi connectivity index (χ4v) is 8.58. The van der Waals surface area contributed by atoms with Gasteiger partial charge in [0.05, 0.1) is 6.16 Å². The van der Waals surface area contributed by atoms with Crippen LogP contribution in [0.15, 0.2) is 115 Å². The van der Waals surface area contributed by atoms with Crippen molar-refractivity contribution in [1.82, 2.24) is 0 Å². The average molecular weight is 508 g/mol. The van der Waals surface area contributed by atoms with Gasteiger partial charge in [0.15, 0.2) is 0 Å². The summed E-state index contributed by atoms with van der Waals surface area (Å²) in [6, 6.07) is 39.3. The summed E-state index contributed by atoms with van der Waals surface area (Å²) < 4.78 is 0. The largest absolute Gasteiger partial charge is 1.00 e. The average Bonchev–Trinajstić information content (AvgIpc) is 2.79. The molecule has 0 heterocycles. The molecule has 0 aliphatic heterocycles. The molecule has 3 heteroatoms. The highest BCUT2D eigenvalue weighted by Crippen LogP contribution is 2.58. The first kappa shape index (κ1) is 23.5. The first-order chi connectivity index (χ1) is 14.7. The molecule has 0 aromatic heterocycles. The van der Waals surface area contributed by atoms with Crippen LogP contribution in [0.25, 0.3) is 6.08 Å². The van der Waals surface area contributed by atoms with Gasteiger partial charge in [-0.25, -0.2) is 0 Å². The molecule has 156 valence electrons. The second-order valence-electron chi connectivity index (χ2n) is 7.37. The number of benzene rings is 4. The van der Waals surface area contributed by atoms with Gasteiger partial charge in [-0.2, -0.15) is 0 Å². The minimum Gasteiger partial charge on any atom is -1.00 e. The van der Waals surface area contributed by atoms with Gasteiger partial charge in [0.1, 0.15) is 23.2 Å². The van der Waals surface area contributed by atoms with Crippen molar-refractivity contribution < 1.29 is 17.0 Å². The van der Waals surface area contributed by atoms with E-state index in [1.807, 2.05) is 13.0 Å². The zero-order valence-corrected chi connectivity index (χ0v) is 20.7. The zero-order valence-electron chi connectivity index (χ0n) is 17.5.